The number of ether oxygens (including phenoxy) is 1. The Labute approximate surface area is 107 Å². The SMILES string of the molecule is COc1ccc(C)cc1CCc1oc(N)nc1C. The van der Waals surface area contributed by atoms with Crippen molar-refractivity contribution in [2.24, 2.45) is 0 Å². The second-order valence-corrected chi connectivity index (χ2v) is 4.38. The van der Waals surface area contributed by atoms with E-state index in [-0.39, 0.29) is 6.01 Å². The molecule has 4 heteroatoms. The van der Waals surface area contributed by atoms with Crippen molar-refractivity contribution in [1.82, 2.24) is 4.98 Å². The van der Waals surface area contributed by atoms with Gasteiger partial charge in [-0.15, -0.1) is 0 Å². The zero-order chi connectivity index (χ0) is 13.1. The summed E-state index contributed by atoms with van der Waals surface area (Å²) in [4.78, 5) is 4.06. The van der Waals surface area contributed by atoms with E-state index in [0.29, 0.717) is 0 Å². The number of aryl methyl sites for hydroxylation is 4. The molecule has 0 radical (unpaired) electrons. The Morgan fingerprint density at radius 1 is 1.28 bits per heavy atom. The number of benzene rings is 1. The van der Waals surface area contributed by atoms with Crippen molar-refractivity contribution in [3.63, 3.8) is 0 Å². The second-order valence-electron chi connectivity index (χ2n) is 4.38. The lowest BCUT2D eigenvalue weighted by Gasteiger charge is -2.08. The number of hydrogen-bond acceptors (Lipinski definition) is 4. The van der Waals surface area contributed by atoms with Gasteiger partial charge in [-0.05, 0) is 31.9 Å². The third-order valence-corrected chi connectivity index (χ3v) is 2.97. The van der Waals surface area contributed by atoms with E-state index in [9.17, 15) is 0 Å². The number of anilines is 1. The predicted octanol–water partition coefficient (Wildman–Crippen LogP) is 2.67. The Bertz CT molecular complexity index is 547. The maximum absolute atomic E-state index is 5.53. The molecule has 96 valence electrons. The van der Waals surface area contributed by atoms with Crippen molar-refractivity contribution in [3.8, 4) is 5.75 Å². The van der Waals surface area contributed by atoms with Gasteiger partial charge in [0.25, 0.3) is 6.01 Å². The Hall–Kier alpha value is -1.97. The van der Waals surface area contributed by atoms with Crippen molar-refractivity contribution in [3.05, 3.63) is 40.8 Å². The summed E-state index contributed by atoms with van der Waals surface area (Å²) in [6.07, 6.45) is 1.62. The zero-order valence-electron chi connectivity index (χ0n) is 11.0. The first-order chi connectivity index (χ1) is 8.60. The van der Waals surface area contributed by atoms with Gasteiger partial charge >= 0.3 is 0 Å². The number of nitrogens with two attached hydrogens (primary N) is 1. The minimum Gasteiger partial charge on any atom is -0.496 e. The molecule has 0 aliphatic carbocycles. The monoisotopic (exact) mass is 246 g/mol. The van der Waals surface area contributed by atoms with Crippen molar-refractivity contribution in [1.29, 1.82) is 0 Å². The zero-order valence-corrected chi connectivity index (χ0v) is 11.0. The fourth-order valence-electron chi connectivity index (χ4n) is 2.03. The van der Waals surface area contributed by atoms with E-state index in [1.807, 2.05) is 19.1 Å². The topological polar surface area (TPSA) is 61.3 Å². The van der Waals surface area contributed by atoms with Gasteiger partial charge in [-0.1, -0.05) is 17.7 Å². The standard InChI is InChI=1S/C14H18N2O2/c1-9-4-6-13(17-3)11(8-9)5-7-12-10(2)16-14(15)18-12/h4,6,8H,5,7H2,1-3H3,(H2,15,16). The van der Waals surface area contributed by atoms with Crippen LogP contribution >= 0.6 is 0 Å². The predicted molar refractivity (Wildman–Crippen MR) is 70.8 cm³/mol. The van der Waals surface area contributed by atoms with E-state index in [1.54, 1.807) is 7.11 Å². The number of oxazole rings is 1. The van der Waals surface area contributed by atoms with E-state index in [1.165, 1.54) is 11.1 Å². The van der Waals surface area contributed by atoms with Gasteiger partial charge in [0.1, 0.15) is 11.5 Å². The van der Waals surface area contributed by atoms with Crippen LogP contribution in [0.1, 0.15) is 22.6 Å². The van der Waals surface area contributed by atoms with Crippen molar-refractivity contribution < 1.29 is 9.15 Å². The summed E-state index contributed by atoms with van der Waals surface area (Å²) in [5.74, 6) is 1.75. The lowest BCUT2D eigenvalue weighted by molar-refractivity contribution is 0.408. The van der Waals surface area contributed by atoms with Gasteiger partial charge in [0.2, 0.25) is 0 Å². The first-order valence-corrected chi connectivity index (χ1v) is 5.95. The van der Waals surface area contributed by atoms with Gasteiger partial charge in [-0.2, -0.15) is 4.98 Å². The molecule has 2 aromatic rings. The van der Waals surface area contributed by atoms with Crippen molar-refractivity contribution in [2.45, 2.75) is 26.7 Å². The third-order valence-electron chi connectivity index (χ3n) is 2.97. The summed E-state index contributed by atoms with van der Waals surface area (Å²) in [5, 5.41) is 0. The Balaban J connectivity index is 2.14. The summed E-state index contributed by atoms with van der Waals surface area (Å²) < 4.78 is 10.7. The minimum absolute atomic E-state index is 0.235. The summed E-state index contributed by atoms with van der Waals surface area (Å²) in [6, 6.07) is 6.40. The van der Waals surface area contributed by atoms with Crippen LogP contribution in [-0.4, -0.2) is 12.1 Å². The highest BCUT2D eigenvalue weighted by Gasteiger charge is 2.09. The summed E-state index contributed by atoms with van der Waals surface area (Å²) in [7, 11) is 1.69. The smallest absolute Gasteiger partial charge is 0.292 e. The molecule has 2 N–H and O–H groups in total. The van der Waals surface area contributed by atoms with Gasteiger partial charge in [-0.25, -0.2) is 0 Å². The number of nitrogens with zero attached hydrogens (tertiary/aromatic N) is 1. The molecule has 0 aliphatic heterocycles. The van der Waals surface area contributed by atoms with Gasteiger partial charge in [0.05, 0.1) is 12.8 Å². The van der Waals surface area contributed by atoms with E-state index in [4.69, 9.17) is 14.9 Å². The molecule has 0 fully saturated rings. The molecule has 1 aromatic carbocycles. The van der Waals surface area contributed by atoms with Gasteiger partial charge in [-0.3, -0.25) is 0 Å². The van der Waals surface area contributed by atoms with Crippen LogP contribution < -0.4 is 10.5 Å². The van der Waals surface area contributed by atoms with Gasteiger partial charge in [0, 0.05) is 6.42 Å². The fraction of sp³-hybridized carbons (Fsp3) is 0.357. The van der Waals surface area contributed by atoms with Crippen molar-refractivity contribution in [2.75, 3.05) is 12.8 Å². The maximum atomic E-state index is 5.53. The number of hydrogen-bond donors (Lipinski definition) is 1. The molecule has 4 nitrogen and oxygen atoms in total. The van der Waals surface area contributed by atoms with E-state index < -0.39 is 0 Å². The minimum atomic E-state index is 0.235. The molecule has 0 unspecified atom stereocenters. The molecule has 18 heavy (non-hydrogen) atoms. The Morgan fingerprint density at radius 3 is 2.67 bits per heavy atom. The molecule has 0 saturated carbocycles. The number of aromatic nitrogens is 1. The Morgan fingerprint density at radius 2 is 2.06 bits per heavy atom. The number of rotatable bonds is 4. The average Bonchev–Trinajstić information content (AvgIpc) is 2.65. The highest BCUT2D eigenvalue weighted by Crippen LogP contribution is 2.22. The Kier molecular flexibility index (Phi) is 3.55. The molecule has 0 aliphatic rings. The highest BCUT2D eigenvalue weighted by molar-refractivity contribution is 5.37. The molecule has 0 bridgehead atoms. The van der Waals surface area contributed by atoms with E-state index in [0.717, 1.165) is 30.0 Å². The molecule has 1 aromatic heterocycles. The highest BCUT2D eigenvalue weighted by atomic mass is 16.5. The van der Waals surface area contributed by atoms with Gasteiger partial charge < -0.3 is 14.9 Å². The fourth-order valence-corrected chi connectivity index (χ4v) is 2.03. The molecular weight excluding hydrogens is 228 g/mol. The first kappa shape index (κ1) is 12.5. The summed E-state index contributed by atoms with van der Waals surface area (Å²) in [5.41, 5.74) is 8.78. The quantitative estimate of drug-likeness (QED) is 0.901. The second kappa shape index (κ2) is 5.12. The summed E-state index contributed by atoms with van der Waals surface area (Å²) >= 11 is 0. The third kappa shape index (κ3) is 2.64. The molecule has 0 spiro atoms. The number of nitrogen functional groups attached to an aromatic ring is 1. The molecular formula is C14H18N2O2. The van der Waals surface area contributed by atoms with Crippen molar-refractivity contribution >= 4 is 6.01 Å². The molecule has 0 atom stereocenters. The number of methoxy groups -OCH3 is 1. The normalized spacial score (nSPS) is 10.6. The molecule has 0 saturated heterocycles. The van der Waals surface area contributed by atoms with E-state index in [2.05, 4.69) is 18.0 Å². The first-order valence-electron chi connectivity index (χ1n) is 5.95. The van der Waals surface area contributed by atoms with Crippen LogP contribution in [0, 0.1) is 13.8 Å². The molecule has 0 amide bonds. The van der Waals surface area contributed by atoms with Crippen LogP contribution in [0.4, 0.5) is 6.01 Å². The van der Waals surface area contributed by atoms with E-state index >= 15 is 0 Å². The van der Waals surface area contributed by atoms with Crippen LogP contribution in [0.3, 0.4) is 0 Å². The largest absolute Gasteiger partial charge is 0.496 e. The maximum Gasteiger partial charge on any atom is 0.292 e. The molecule has 2 rings (SSSR count). The lowest BCUT2D eigenvalue weighted by atomic mass is 10.0. The van der Waals surface area contributed by atoms with Crippen LogP contribution in [0.2, 0.25) is 0 Å². The van der Waals surface area contributed by atoms with Crippen LogP contribution in [0.5, 0.6) is 5.75 Å². The van der Waals surface area contributed by atoms with Gasteiger partial charge in [0.15, 0.2) is 0 Å². The summed E-state index contributed by atoms with van der Waals surface area (Å²) in [6.45, 7) is 3.98. The van der Waals surface area contributed by atoms with Crippen LogP contribution in [0.25, 0.3) is 0 Å². The average molecular weight is 246 g/mol. The van der Waals surface area contributed by atoms with Crippen LogP contribution in [-0.2, 0) is 12.8 Å². The van der Waals surface area contributed by atoms with Crippen LogP contribution in [0.15, 0.2) is 22.6 Å². The lowest BCUT2D eigenvalue weighted by Crippen LogP contribution is -1.96. The molecule has 1 heterocycles.